The van der Waals surface area contributed by atoms with Gasteiger partial charge in [0.25, 0.3) is 5.69 Å². The van der Waals surface area contributed by atoms with Crippen molar-refractivity contribution in [2.24, 2.45) is 5.10 Å². The first-order chi connectivity index (χ1) is 12.1. The molecular formula is C18H16N4O2S. The van der Waals surface area contributed by atoms with E-state index in [0.717, 1.165) is 0 Å². The third-order valence-electron chi connectivity index (χ3n) is 3.64. The number of anilines is 1. The van der Waals surface area contributed by atoms with Crippen molar-refractivity contribution < 1.29 is 4.92 Å². The summed E-state index contributed by atoms with van der Waals surface area (Å²) >= 11 is 1.40. The number of benzene rings is 2. The number of hydrazone groups is 1. The van der Waals surface area contributed by atoms with E-state index < -0.39 is 4.92 Å². The molecule has 3 rings (SSSR count). The molecule has 1 aromatic heterocycles. The summed E-state index contributed by atoms with van der Waals surface area (Å²) in [5.74, 6) is 0.185. The largest absolute Gasteiger partial charge is 0.270 e. The van der Waals surface area contributed by atoms with E-state index in [1.165, 1.54) is 29.0 Å². The van der Waals surface area contributed by atoms with E-state index in [1.54, 1.807) is 12.1 Å². The van der Waals surface area contributed by atoms with Crippen molar-refractivity contribution >= 4 is 28.4 Å². The van der Waals surface area contributed by atoms with Crippen LogP contribution in [-0.4, -0.2) is 16.1 Å². The molecule has 0 fully saturated rings. The van der Waals surface area contributed by atoms with Gasteiger partial charge in [0, 0.05) is 35.2 Å². The predicted octanol–water partition coefficient (Wildman–Crippen LogP) is 4.92. The molecule has 0 spiro atoms. The third kappa shape index (κ3) is 4.27. The molecule has 1 N–H and O–H groups in total. The van der Waals surface area contributed by atoms with Crippen molar-refractivity contribution in [2.45, 2.75) is 12.8 Å². The summed E-state index contributed by atoms with van der Waals surface area (Å²) in [5.41, 5.74) is 5.54. The van der Waals surface area contributed by atoms with Crippen LogP contribution in [0, 0.1) is 10.1 Å². The average Bonchev–Trinajstić information content (AvgIpc) is 3.11. The standard InChI is InChI=1S/C18H16N4O2S/c1-13(14-6-3-2-4-7-14)11-19-21-18-20-17(12-25-18)15-8-5-9-16(10-15)22(23)24/h2-13H,1H3,(H,20,21)/b19-11+/t13-/m0/s1. The molecule has 0 amide bonds. The fourth-order valence-corrected chi connectivity index (χ4v) is 2.95. The van der Waals surface area contributed by atoms with E-state index >= 15 is 0 Å². The van der Waals surface area contributed by atoms with Gasteiger partial charge in [-0.05, 0) is 5.56 Å². The highest BCUT2D eigenvalue weighted by atomic mass is 32.1. The highest BCUT2D eigenvalue weighted by Gasteiger charge is 2.09. The van der Waals surface area contributed by atoms with Gasteiger partial charge in [-0.2, -0.15) is 5.10 Å². The smallest absolute Gasteiger partial charge is 0.258 e. The van der Waals surface area contributed by atoms with Crippen molar-refractivity contribution in [3.63, 3.8) is 0 Å². The second-order valence-electron chi connectivity index (χ2n) is 5.43. The number of aromatic nitrogens is 1. The van der Waals surface area contributed by atoms with Crippen LogP contribution in [0.2, 0.25) is 0 Å². The van der Waals surface area contributed by atoms with E-state index in [9.17, 15) is 10.1 Å². The Morgan fingerprint density at radius 2 is 2.04 bits per heavy atom. The Morgan fingerprint density at radius 3 is 2.80 bits per heavy atom. The number of thiazole rings is 1. The predicted molar refractivity (Wildman–Crippen MR) is 101 cm³/mol. The van der Waals surface area contributed by atoms with Gasteiger partial charge in [-0.25, -0.2) is 4.98 Å². The lowest BCUT2D eigenvalue weighted by molar-refractivity contribution is -0.384. The van der Waals surface area contributed by atoms with Gasteiger partial charge >= 0.3 is 0 Å². The molecular weight excluding hydrogens is 336 g/mol. The van der Waals surface area contributed by atoms with Crippen LogP contribution in [0.15, 0.2) is 65.1 Å². The molecule has 1 atom stereocenters. The Hall–Kier alpha value is -3.06. The SMILES string of the molecule is C[C@@H](/C=N/Nc1nc(-c2cccc([N+](=O)[O-])c2)cs1)c1ccccc1. The second kappa shape index (κ2) is 7.67. The quantitative estimate of drug-likeness (QED) is 0.388. The van der Waals surface area contributed by atoms with Crippen LogP contribution in [0.3, 0.4) is 0 Å². The summed E-state index contributed by atoms with van der Waals surface area (Å²) in [6, 6.07) is 16.5. The fraction of sp³-hybridized carbons (Fsp3) is 0.111. The summed E-state index contributed by atoms with van der Waals surface area (Å²) < 4.78 is 0. The van der Waals surface area contributed by atoms with Crippen LogP contribution in [0.5, 0.6) is 0 Å². The number of hydrogen-bond donors (Lipinski definition) is 1. The number of nitrogens with zero attached hydrogens (tertiary/aromatic N) is 3. The van der Waals surface area contributed by atoms with Crippen LogP contribution in [-0.2, 0) is 0 Å². The maximum Gasteiger partial charge on any atom is 0.270 e. The molecule has 0 saturated carbocycles. The zero-order chi connectivity index (χ0) is 17.6. The van der Waals surface area contributed by atoms with Crippen LogP contribution in [0.25, 0.3) is 11.3 Å². The molecule has 2 aromatic carbocycles. The van der Waals surface area contributed by atoms with E-state index in [1.807, 2.05) is 29.8 Å². The second-order valence-corrected chi connectivity index (χ2v) is 6.29. The molecule has 3 aromatic rings. The summed E-state index contributed by atoms with van der Waals surface area (Å²) in [4.78, 5) is 14.9. The van der Waals surface area contributed by atoms with Crippen molar-refractivity contribution in [1.29, 1.82) is 0 Å². The first-order valence-corrected chi connectivity index (χ1v) is 8.56. The van der Waals surface area contributed by atoms with Gasteiger partial charge in [0.05, 0.1) is 10.6 Å². The van der Waals surface area contributed by atoms with Gasteiger partial charge < -0.3 is 0 Å². The Labute approximate surface area is 149 Å². The van der Waals surface area contributed by atoms with Gasteiger partial charge in [0.1, 0.15) is 0 Å². The lowest BCUT2D eigenvalue weighted by Crippen LogP contribution is -1.97. The minimum absolute atomic E-state index is 0.0507. The van der Waals surface area contributed by atoms with Crippen LogP contribution in [0.1, 0.15) is 18.4 Å². The van der Waals surface area contributed by atoms with Crippen molar-refractivity contribution in [3.05, 3.63) is 75.7 Å². The number of hydrogen-bond acceptors (Lipinski definition) is 6. The molecule has 25 heavy (non-hydrogen) atoms. The van der Waals surface area contributed by atoms with Gasteiger partial charge in [-0.1, -0.05) is 49.4 Å². The Morgan fingerprint density at radius 1 is 1.24 bits per heavy atom. The highest BCUT2D eigenvalue weighted by molar-refractivity contribution is 7.14. The van der Waals surface area contributed by atoms with Crippen molar-refractivity contribution in [2.75, 3.05) is 5.43 Å². The molecule has 0 saturated heterocycles. The monoisotopic (exact) mass is 352 g/mol. The number of nitro benzene ring substituents is 1. The lowest BCUT2D eigenvalue weighted by atomic mass is 10.0. The maximum atomic E-state index is 10.9. The first-order valence-electron chi connectivity index (χ1n) is 7.68. The molecule has 0 unspecified atom stereocenters. The Bertz CT molecular complexity index is 893. The summed E-state index contributed by atoms with van der Waals surface area (Å²) in [7, 11) is 0. The number of non-ortho nitro benzene ring substituents is 1. The summed E-state index contributed by atoms with van der Waals surface area (Å²) in [6.45, 7) is 2.07. The Kier molecular flexibility index (Phi) is 5.15. The molecule has 0 aliphatic heterocycles. The molecule has 0 radical (unpaired) electrons. The minimum atomic E-state index is -0.412. The maximum absolute atomic E-state index is 10.9. The van der Waals surface area contributed by atoms with Crippen LogP contribution in [0.4, 0.5) is 10.8 Å². The molecule has 7 heteroatoms. The Balaban J connectivity index is 1.67. The van der Waals surface area contributed by atoms with Gasteiger partial charge in [0.15, 0.2) is 0 Å². The molecule has 6 nitrogen and oxygen atoms in total. The van der Waals surface area contributed by atoms with Gasteiger partial charge in [-0.15, -0.1) is 11.3 Å². The van der Waals surface area contributed by atoms with E-state index in [0.29, 0.717) is 16.4 Å². The van der Waals surface area contributed by atoms with Crippen LogP contribution >= 0.6 is 11.3 Å². The van der Waals surface area contributed by atoms with Crippen molar-refractivity contribution in [1.82, 2.24) is 4.98 Å². The normalized spacial score (nSPS) is 12.2. The van der Waals surface area contributed by atoms with Crippen molar-refractivity contribution in [3.8, 4) is 11.3 Å². The zero-order valence-electron chi connectivity index (χ0n) is 13.5. The summed E-state index contributed by atoms with van der Waals surface area (Å²) in [5, 5.41) is 17.6. The number of nitrogens with one attached hydrogen (secondary N) is 1. The molecule has 126 valence electrons. The molecule has 0 bridgehead atoms. The van der Waals surface area contributed by atoms with E-state index in [4.69, 9.17) is 0 Å². The van der Waals surface area contributed by atoms with E-state index in [2.05, 4.69) is 34.6 Å². The minimum Gasteiger partial charge on any atom is -0.258 e. The van der Waals surface area contributed by atoms with E-state index in [-0.39, 0.29) is 11.6 Å². The van der Waals surface area contributed by atoms with Crippen LogP contribution < -0.4 is 5.43 Å². The fourth-order valence-electron chi connectivity index (χ4n) is 2.28. The molecule has 0 aliphatic carbocycles. The van der Waals surface area contributed by atoms with Gasteiger partial charge in [0.2, 0.25) is 5.13 Å². The van der Waals surface area contributed by atoms with Gasteiger partial charge in [-0.3, -0.25) is 15.5 Å². The zero-order valence-corrected chi connectivity index (χ0v) is 14.3. The number of nitro groups is 1. The highest BCUT2D eigenvalue weighted by Crippen LogP contribution is 2.27. The third-order valence-corrected chi connectivity index (χ3v) is 4.39. The number of rotatable bonds is 6. The first kappa shape index (κ1) is 16.8. The summed E-state index contributed by atoms with van der Waals surface area (Å²) in [6.07, 6.45) is 1.82. The molecule has 0 aliphatic rings. The topological polar surface area (TPSA) is 80.4 Å². The lowest BCUT2D eigenvalue weighted by Gasteiger charge is -2.04. The average molecular weight is 352 g/mol. The molecule has 1 heterocycles.